The number of halogens is 3. The number of nitrogens with one attached hydrogen (secondary N) is 1. The fraction of sp³-hybridized carbons (Fsp3) is 0.417. The van der Waals surface area contributed by atoms with Gasteiger partial charge >= 0.3 is 6.09 Å². The van der Waals surface area contributed by atoms with E-state index in [9.17, 15) is 18.0 Å². The molecule has 2 aromatic rings. The van der Waals surface area contributed by atoms with Crippen molar-refractivity contribution >= 4 is 12.2 Å². The molecule has 162 valence electrons. The minimum absolute atomic E-state index is 0.0511. The molecule has 31 heavy (non-hydrogen) atoms. The van der Waals surface area contributed by atoms with Crippen LogP contribution < -0.4 is 5.32 Å². The second-order valence-corrected chi connectivity index (χ2v) is 8.90. The van der Waals surface area contributed by atoms with Gasteiger partial charge in [0.1, 0.15) is 11.4 Å². The summed E-state index contributed by atoms with van der Waals surface area (Å²) in [5, 5.41) is 2.71. The van der Waals surface area contributed by atoms with Crippen LogP contribution in [0.3, 0.4) is 0 Å². The van der Waals surface area contributed by atoms with E-state index in [2.05, 4.69) is 10.3 Å². The lowest BCUT2D eigenvalue weighted by atomic mass is 9.75. The average molecular weight is 428 g/mol. The molecular formula is C24H23F3N2O2. The van der Waals surface area contributed by atoms with Crippen molar-refractivity contribution in [2.75, 3.05) is 6.54 Å². The Morgan fingerprint density at radius 3 is 2.74 bits per heavy atom. The Hall–Kier alpha value is -2.83. The summed E-state index contributed by atoms with van der Waals surface area (Å²) in [6.07, 6.45) is 5.62. The van der Waals surface area contributed by atoms with Gasteiger partial charge in [0, 0.05) is 30.5 Å². The third-order valence-electron chi connectivity index (χ3n) is 6.93. The Balaban J connectivity index is 1.39. The third-order valence-corrected chi connectivity index (χ3v) is 6.93. The number of carbonyl (C=O) groups excluding carboxylic acids is 1. The number of fused-ring (bicyclic) bond motifs is 1. The van der Waals surface area contributed by atoms with Crippen LogP contribution >= 0.6 is 0 Å². The number of benzene rings is 1. The molecule has 1 spiro atoms. The summed E-state index contributed by atoms with van der Waals surface area (Å²) in [5.41, 5.74) is 1.48. The molecule has 2 aliphatic carbocycles. The van der Waals surface area contributed by atoms with E-state index in [-0.39, 0.29) is 36.4 Å². The molecule has 1 aliphatic heterocycles. The van der Waals surface area contributed by atoms with Crippen LogP contribution in [0.4, 0.5) is 18.0 Å². The molecule has 0 radical (unpaired) electrons. The fourth-order valence-electron chi connectivity index (χ4n) is 5.56. The predicted molar refractivity (Wildman–Crippen MR) is 110 cm³/mol. The molecule has 1 saturated heterocycles. The molecule has 3 fully saturated rings. The maximum absolute atomic E-state index is 14.0. The Bertz CT molecular complexity index is 1020. The summed E-state index contributed by atoms with van der Waals surface area (Å²) in [4.78, 5) is 16.3. The van der Waals surface area contributed by atoms with E-state index >= 15 is 0 Å². The van der Waals surface area contributed by atoms with Crippen LogP contribution in [-0.4, -0.2) is 29.1 Å². The van der Waals surface area contributed by atoms with Gasteiger partial charge in [-0.2, -0.15) is 0 Å². The summed E-state index contributed by atoms with van der Waals surface area (Å²) in [6, 6.07) is 10.0. The molecule has 2 saturated carbocycles. The zero-order valence-electron chi connectivity index (χ0n) is 16.9. The number of pyridine rings is 1. The molecule has 4 nitrogen and oxygen atoms in total. The minimum atomic E-state index is -2.65. The van der Waals surface area contributed by atoms with Crippen LogP contribution in [0.1, 0.15) is 31.4 Å². The lowest BCUT2D eigenvalue weighted by Gasteiger charge is -2.34. The highest BCUT2D eigenvalue weighted by Crippen LogP contribution is 2.56. The van der Waals surface area contributed by atoms with E-state index in [1.807, 2.05) is 30.4 Å². The first kappa shape index (κ1) is 20.1. The van der Waals surface area contributed by atoms with E-state index in [1.165, 1.54) is 12.1 Å². The van der Waals surface area contributed by atoms with E-state index < -0.39 is 17.6 Å². The van der Waals surface area contributed by atoms with Crippen molar-refractivity contribution in [3.8, 4) is 11.1 Å². The lowest BCUT2D eigenvalue weighted by Crippen LogP contribution is -2.38. The SMILES string of the molecule is O=C1NCC2(C[C@H]3CC(F)(F)CC[C@H]3[C@@H]2C=Cc2ccc(-c3cccc(F)c3)cn2)O1. The van der Waals surface area contributed by atoms with Gasteiger partial charge in [0.25, 0.3) is 0 Å². The first-order valence-corrected chi connectivity index (χ1v) is 10.6. The number of amides is 1. The van der Waals surface area contributed by atoms with Gasteiger partial charge in [-0.15, -0.1) is 0 Å². The van der Waals surface area contributed by atoms with Gasteiger partial charge in [-0.3, -0.25) is 4.98 Å². The standard InChI is InChI=1S/C24H23F3N2O2/c25-18-3-1-2-15(10-18)16-4-5-19(28-13-16)6-7-21-20-8-9-24(26,27)12-17(20)11-23(21)14-29-22(30)31-23/h1-7,10,13,17,20-21H,8-9,11-12,14H2,(H,29,30)/t17-,20+,21-,23?/m0/s1. The minimum Gasteiger partial charge on any atom is -0.440 e. The number of alkyl halides is 2. The van der Waals surface area contributed by atoms with Gasteiger partial charge in [0.2, 0.25) is 5.92 Å². The van der Waals surface area contributed by atoms with Crippen molar-refractivity contribution < 1.29 is 22.7 Å². The Morgan fingerprint density at radius 1 is 1.16 bits per heavy atom. The van der Waals surface area contributed by atoms with Crippen molar-refractivity contribution in [3.05, 3.63) is 60.2 Å². The summed E-state index contributed by atoms with van der Waals surface area (Å²) in [6.45, 7) is 0.339. The third kappa shape index (κ3) is 3.82. The second kappa shape index (κ2) is 7.39. The smallest absolute Gasteiger partial charge is 0.407 e. The van der Waals surface area contributed by atoms with Crippen molar-refractivity contribution in [2.24, 2.45) is 17.8 Å². The second-order valence-electron chi connectivity index (χ2n) is 8.90. The molecule has 4 atom stereocenters. The largest absolute Gasteiger partial charge is 0.440 e. The zero-order valence-corrected chi connectivity index (χ0v) is 16.9. The zero-order chi connectivity index (χ0) is 21.6. The number of hydrogen-bond acceptors (Lipinski definition) is 3. The molecule has 7 heteroatoms. The molecule has 1 N–H and O–H groups in total. The van der Waals surface area contributed by atoms with Gasteiger partial charge in [0.05, 0.1) is 12.2 Å². The van der Waals surface area contributed by atoms with Gasteiger partial charge in [-0.05, 0) is 54.5 Å². The molecular weight excluding hydrogens is 405 g/mol. The van der Waals surface area contributed by atoms with Gasteiger partial charge in [-0.25, -0.2) is 18.0 Å². The summed E-state index contributed by atoms with van der Waals surface area (Å²) < 4.78 is 47.1. The summed E-state index contributed by atoms with van der Waals surface area (Å²) in [5.74, 6) is -3.21. The Labute approximate surface area is 178 Å². The molecule has 0 bridgehead atoms. The number of ether oxygens (including phenoxy) is 1. The van der Waals surface area contributed by atoms with Crippen LogP contribution in [0.25, 0.3) is 17.2 Å². The topological polar surface area (TPSA) is 51.2 Å². The van der Waals surface area contributed by atoms with Gasteiger partial charge < -0.3 is 10.1 Å². The van der Waals surface area contributed by atoms with E-state index in [0.29, 0.717) is 25.1 Å². The predicted octanol–water partition coefficient (Wildman–Crippen LogP) is 5.45. The van der Waals surface area contributed by atoms with Crippen LogP contribution in [-0.2, 0) is 4.74 Å². The van der Waals surface area contributed by atoms with Crippen molar-refractivity contribution in [2.45, 2.75) is 37.2 Å². The molecule has 1 aromatic carbocycles. The van der Waals surface area contributed by atoms with E-state index in [4.69, 9.17) is 4.74 Å². The van der Waals surface area contributed by atoms with Crippen molar-refractivity contribution in [3.63, 3.8) is 0 Å². The monoisotopic (exact) mass is 428 g/mol. The molecule has 1 aromatic heterocycles. The first-order valence-electron chi connectivity index (χ1n) is 10.6. The molecule has 1 amide bonds. The van der Waals surface area contributed by atoms with Crippen LogP contribution in [0.5, 0.6) is 0 Å². The lowest BCUT2D eigenvalue weighted by molar-refractivity contribution is -0.0659. The average Bonchev–Trinajstić information content (AvgIpc) is 3.24. The van der Waals surface area contributed by atoms with Crippen LogP contribution in [0.15, 0.2) is 48.7 Å². The number of alkyl carbamates (subject to hydrolysis) is 1. The number of hydrogen-bond donors (Lipinski definition) is 1. The van der Waals surface area contributed by atoms with Crippen molar-refractivity contribution in [1.82, 2.24) is 10.3 Å². The summed E-state index contributed by atoms with van der Waals surface area (Å²) in [7, 11) is 0. The molecule has 1 unspecified atom stereocenters. The fourth-order valence-corrected chi connectivity index (χ4v) is 5.56. The number of carbonyl (C=O) groups is 1. The summed E-state index contributed by atoms with van der Waals surface area (Å²) >= 11 is 0. The van der Waals surface area contributed by atoms with Crippen molar-refractivity contribution in [1.29, 1.82) is 0 Å². The highest BCUT2D eigenvalue weighted by molar-refractivity contribution is 5.70. The number of nitrogens with zero attached hydrogens (tertiary/aromatic N) is 1. The highest BCUT2D eigenvalue weighted by atomic mass is 19.3. The van der Waals surface area contributed by atoms with Gasteiger partial charge in [-0.1, -0.05) is 24.3 Å². The van der Waals surface area contributed by atoms with E-state index in [0.717, 1.165) is 11.1 Å². The Morgan fingerprint density at radius 2 is 2.03 bits per heavy atom. The normalized spacial score (nSPS) is 31.6. The maximum atomic E-state index is 14.0. The Kier molecular flexibility index (Phi) is 4.79. The maximum Gasteiger partial charge on any atom is 0.407 e. The van der Waals surface area contributed by atoms with Crippen LogP contribution in [0, 0.1) is 23.6 Å². The molecule has 5 rings (SSSR count). The number of rotatable bonds is 3. The number of aromatic nitrogens is 1. The molecule has 3 aliphatic rings. The first-order chi connectivity index (χ1) is 14.8. The van der Waals surface area contributed by atoms with Crippen LogP contribution in [0.2, 0.25) is 0 Å². The quantitative estimate of drug-likeness (QED) is 0.707. The van der Waals surface area contributed by atoms with Gasteiger partial charge in [0.15, 0.2) is 0 Å². The highest BCUT2D eigenvalue weighted by Gasteiger charge is 2.60. The molecule has 2 heterocycles. The van der Waals surface area contributed by atoms with E-state index in [1.54, 1.807) is 12.3 Å².